The lowest BCUT2D eigenvalue weighted by molar-refractivity contribution is -0.135. The number of hydrogen-bond donors (Lipinski definition) is 2. The molecule has 0 bridgehead atoms. The summed E-state index contributed by atoms with van der Waals surface area (Å²) in [6.45, 7) is 1.30. The van der Waals surface area contributed by atoms with Gasteiger partial charge < -0.3 is 20.5 Å². The first-order valence-corrected chi connectivity index (χ1v) is 5.95. The van der Waals surface area contributed by atoms with E-state index in [1.54, 1.807) is 18.1 Å². The maximum absolute atomic E-state index is 10.9. The Morgan fingerprint density at radius 2 is 2.11 bits per heavy atom. The average molecular weight is 252 g/mol. The Labute approximate surface area is 107 Å². The van der Waals surface area contributed by atoms with Gasteiger partial charge in [-0.1, -0.05) is 12.1 Å². The number of methoxy groups -OCH3 is 1. The third-order valence-electron chi connectivity index (χ3n) is 2.63. The van der Waals surface area contributed by atoms with Crippen molar-refractivity contribution < 1.29 is 14.6 Å². The van der Waals surface area contributed by atoms with E-state index in [1.807, 2.05) is 18.2 Å². The van der Waals surface area contributed by atoms with Crippen molar-refractivity contribution in [2.24, 2.45) is 0 Å². The predicted molar refractivity (Wildman–Crippen MR) is 71.8 cm³/mol. The lowest BCUT2D eigenvalue weighted by atomic mass is 10.2. The number of carboxylic acids is 1. The topological polar surface area (TPSA) is 75.8 Å². The summed E-state index contributed by atoms with van der Waals surface area (Å²) in [5.41, 5.74) is 7.25. The monoisotopic (exact) mass is 252 g/mol. The molecular weight excluding hydrogens is 232 g/mol. The van der Waals surface area contributed by atoms with E-state index in [9.17, 15) is 4.79 Å². The van der Waals surface area contributed by atoms with Crippen LogP contribution in [0, 0.1) is 0 Å². The number of nitrogens with two attached hydrogens (primary N) is 1. The first kappa shape index (κ1) is 14.3. The summed E-state index contributed by atoms with van der Waals surface area (Å²) in [6.07, 6.45) is 1.77. The molecule has 1 aromatic rings. The number of aliphatic carboxylic acids is 1. The highest BCUT2D eigenvalue weighted by Gasteiger charge is 2.12. The molecular formula is C13H20N2O3. The molecule has 0 atom stereocenters. The van der Waals surface area contributed by atoms with Crippen molar-refractivity contribution in [1.29, 1.82) is 0 Å². The summed E-state index contributed by atoms with van der Waals surface area (Å²) in [7, 11) is 1.66. The number of para-hydroxylation sites is 2. The number of benzene rings is 1. The Balaban J connectivity index is 2.66. The van der Waals surface area contributed by atoms with Crippen LogP contribution in [0.2, 0.25) is 0 Å². The molecule has 5 heteroatoms. The van der Waals surface area contributed by atoms with Gasteiger partial charge in [0.1, 0.15) is 6.54 Å². The van der Waals surface area contributed by atoms with Crippen molar-refractivity contribution in [3.05, 3.63) is 24.3 Å². The number of hydrogen-bond acceptors (Lipinski definition) is 4. The van der Waals surface area contributed by atoms with Crippen LogP contribution in [-0.2, 0) is 9.53 Å². The molecule has 0 fully saturated rings. The van der Waals surface area contributed by atoms with Gasteiger partial charge in [-0.2, -0.15) is 0 Å². The Bertz CT molecular complexity index is 382. The molecule has 5 nitrogen and oxygen atoms in total. The molecule has 0 saturated heterocycles. The molecule has 1 aromatic carbocycles. The second-order valence-corrected chi connectivity index (χ2v) is 4.07. The van der Waals surface area contributed by atoms with Crippen LogP contribution in [0.1, 0.15) is 12.8 Å². The molecule has 0 amide bonds. The summed E-state index contributed by atoms with van der Waals surface area (Å²) in [5, 5.41) is 8.93. The van der Waals surface area contributed by atoms with Crippen molar-refractivity contribution in [3.63, 3.8) is 0 Å². The SMILES string of the molecule is COCCCCN(CC(=O)O)c1ccccc1N. The molecule has 0 aliphatic carbocycles. The van der Waals surface area contributed by atoms with Crippen LogP contribution < -0.4 is 10.6 Å². The number of nitrogen functional groups attached to an aromatic ring is 1. The smallest absolute Gasteiger partial charge is 0.323 e. The van der Waals surface area contributed by atoms with E-state index >= 15 is 0 Å². The van der Waals surface area contributed by atoms with E-state index in [-0.39, 0.29) is 6.54 Å². The van der Waals surface area contributed by atoms with Crippen LogP contribution in [-0.4, -0.2) is 37.9 Å². The van der Waals surface area contributed by atoms with Gasteiger partial charge >= 0.3 is 5.97 Å². The molecule has 0 aromatic heterocycles. The fraction of sp³-hybridized carbons (Fsp3) is 0.462. The van der Waals surface area contributed by atoms with Gasteiger partial charge in [0, 0.05) is 20.3 Å². The summed E-state index contributed by atoms with van der Waals surface area (Å²) < 4.78 is 4.97. The van der Waals surface area contributed by atoms with E-state index in [4.69, 9.17) is 15.6 Å². The number of unbranched alkanes of at least 4 members (excludes halogenated alkanes) is 1. The minimum Gasteiger partial charge on any atom is -0.480 e. The molecule has 3 N–H and O–H groups in total. The van der Waals surface area contributed by atoms with E-state index < -0.39 is 5.97 Å². The third-order valence-corrected chi connectivity index (χ3v) is 2.63. The highest BCUT2D eigenvalue weighted by Crippen LogP contribution is 2.22. The number of ether oxygens (including phenoxy) is 1. The normalized spacial score (nSPS) is 10.3. The zero-order valence-electron chi connectivity index (χ0n) is 10.6. The average Bonchev–Trinajstić information content (AvgIpc) is 2.33. The van der Waals surface area contributed by atoms with E-state index in [1.165, 1.54) is 0 Å². The summed E-state index contributed by atoms with van der Waals surface area (Å²) in [5.74, 6) is -0.856. The Hall–Kier alpha value is -1.75. The lowest BCUT2D eigenvalue weighted by Crippen LogP contribution is -2.31. The number of nitrogens with zero attached hydrogens (tertiary/aromatic N) is 1. The van der Waals surface area contributed by atoms with Crippen LogP contribution in [0.15, 0.2) is 24.3 Å². The van der Waals surface area contributed by atoms with Crippen molar-refractivity contribution in [2.75, 3.05) is 37.4 Å². The van der Waals surface area contributed by atoms with Gasteiger partial charge in [-0.25, -0.2) is 0 Å². The zero-order valence-corrected chi connectivity index (χ0v) is 10.6. The van der Waals surface area contributed by atoms with Crippen molar-refractivity contribution >= 4 is 17.3 Å². The largest absolute Gasteiger partial charge is 0.480 e. The molecule has 1 rings (SSSR count). The van der Waals surface area contributed by atoms with Gasteiger partial charge in [0.15, 0.2) is 0 Å². The Kier molecular flexibility index (Phi) is 6.00. The second-order valence-electron chi connectivity index (χ2n) is 4.07. The fourth-order valence-electron chi connectivity index (χ4n) is 1.77. The van der Waals surface area contributed by atoms with Gasteiger partial charge in [0.25, 0.3) is 0 Å². The standard InChI is InChI=1S/C13H20N2O3/c1-18-9-5-4-8-15(10-13(16)17)12-7-3-2-6-11(12)14/h2-3,6-7H,4-5,8-10,14H2,1H3,(H,16,17). The van der Waals surface area contributed by atoms with Crippen LogP contribution >= 0.6 is 0 Å². The fourth-order valence-corrected chi connectivity index (χ4v) is 1.77. The highest BCUT2D eigenvalue weighted by molar-refractivity contribution is 5.77. The highest BCUT2D eigenvalue weighted by atomic mass is 16.5. The van der Waals surface area contributed by atoms with E-state index in [0.717, 1.165) is 18.5 Å². The molecule has 100 valence electrons. The van der Waals surface area contributed by atoms with Crippen LogP contribution in [0.4, 0.5) is 11.4 Å². The van der Waals surface area contributed by atoms with Crippen molar-refractivity contribution in [3.8, 4) is 0 Å². The number of rotatable bonds is 8. The third kappa shape index (κ3) is 4.63. The molecule has 18 heavy (non-hydrogen) atoms. The van der Waals surface area contributed by atoms with Gasteiger partial charge in [0.05, 0.1) is 11.4 Å². The maximum Gasteiger partial charge on any atom is 0.323 e. The lowest BCUT2D eigenvalue weighted by Gasteiger charge is -2.24. The number of carbonyl (C=O) groups is 1. The number of anilines is 2. The van der Waals surface area contributed by atoms with Crippen LogP contribution in [0.25, 0.3) is 0 Å². The quantitative estimate of drug-likeness (QED) is 0.542. The van der Waals surface area contributed by atoms with Gasteiger partial charge in [-0.15, -0.1) is 0 Å². The molecule has 0 saturated carbocycles. The molecule has 0 aliphatic rings. The van der Waals surface area contributed by atoms with E-state index in [0.29, 0.717) is 18.8 Å². The van der Waals surface area contributed by atoms with Crippen LogP contribution in [0.3, 0.4) is 0 Å². The minimum atomic E-state index is -0.856. The predicted octanol–water partition coefficient (Wildman–Crippen LogP) is 1.59. The zero-order chi connectivity index (χ0) is 13.4. The first-order valence-electron chi connectivity index (χ1n) is 5.95. The Morgan fingerprint density at radius 1 is 1.39 bits per heavy atom. The summed E-state index contributed by atoms with van der Waals surface area (Å²) in [6, 6.07) is 7.31. The number of carboxylic acid groups (broad SMARTS) is 1. The molecule has 0 radical (unpaired) electrons. The van der Waals surface area contributed by atoms with E-state index in [2.05, 4.69) is 0 Å². The first-order chi connectivity index (χ1) is 8.65. The van der Waals surface area contributed by atoms with Crippen molar-refractivity contribution in [1.82, 2.24) is 0 Å². The second kappa shape index (κ2) is 7.55. The maximum atomic E-state index is 10.9. The molecule has 0 unspecified atom stereocenters. The molecule has 0 spiro atoms. The summed E-state index contributed by atoms with van der Waals surface area (Å²) >= 11 is 0. The Morgan fingerprint density at radius 3 is 2.72 bits per heavy atom. The molecule has 0 heterocycles. The van der Waals surface area contributed by atoms with Gasteiger partial charge in [0.2, 0.25) is 0 Å². The minimum absolute atomic E-state index is 0.0405. The van der Waals surface area contributed by atoms with Gasteiger partial charge in [-0.3, -0.25) is 4.79 Å². The van der Waals surface area contributed by atoms with Gasteiger partial charge in [-0.05, 0) is 25.0 Å². The molecule has 0 aliphatic heterocycles. The van der Waals surface area contributed by atoms with Crippen molar-refractivity contribution in [2.45, 2.75) is 12.8 Å². The summed E-state index contributed by atoms with van der Waals surface area (Å²) in [4.78, 5) is 12.7. The van der Waals surface area contributed by atoms with Crippen LogP contribution in [0.5, 0.6) is 0 Å².